The van der Waals surface area contributed by atoms with E-state index in [2.05, 4.69) is 11.4 Å². The summed E-state index contributed by atoms with van der Waals surface area (Å²) < 4.78 is 22.3. The summed E-state index contributed by atoms with van der Waals surface area (Å²) in [4.78, 5) is 12.6. The minimum Gasteiger partial charge on any atom is -0.481 e. The van der Waals surface area contributed by atoms with Crippen LogP contribution in [0.4, 0.5) is 5.88 Å². The van der Waals surface area contributed by atoms with Gasteiger partial charge in [-0.25, -0.2) is 0 Å². The Balaban J connectivity index is 1.66. The molecule has 1 atom stereocenters. The van der Waals surface area contributed by atoms with Crippen molar-refractivity contribution in [3.63, 3.8) is 0 Å². The maximum Gasteiger partial charge on any atom is 0.267 e. The van der Waals surface area contributed by atoms with Crippen LogP contribution < -0.4 is 10.1 Å². The van der Waals surface area contributed by atoms with Gasteiger partial charge in [0.1, 0.15) is 23.1 Å². The molecule has 0 aliphatic rings. The van der Waals surface area contributed by atoms with Crippen molar-refractivity contribution in [3.05, 3.63) is 72.7 Å². The molecule has 144 valence electrons. The lowest BCUT2D eigenvalue weighted by Crippen LogP contribution is -2.30. The smallest absolute Gasteiger partial charge is 0.267 e. The van der Waals surface area contributed by atoms with Gasteiger partial charge in [-0.1, -0.05) is 18.2 Å². The average Bonchev–Trinajstić information content (AvgIpc) is 3.48. The number of benzene rings is 1. The highest BCUT2D eigenvalue weighted by molar-refractivity contribution is 5.96. The van der Waals surface area contributed by atoms with Crippen molar-refractivity contribution in [1.82, 2.24) is 0 Å². The van der Waals surface area contributed by atoms with Gasteiger partial charge in [0, 0.05) is 0 Å². The number of nitrogens with zero attached hydrogens (tertiary/aromatic N) is 1. The molecule has 0 aliphatic carbocycles. The normalized spacial score (nSPS) is 11.6. The van der Waals surface area contributed by atoms with Gasteiger partial charge < -0.3 is 18.0 Å². The average molecular weight is 388 g/mol. The molecule has 0 bridgehead atoms. The van der Waals surface area contributed by atoms with Gasteiger partial charge in [0.2, 0.25) is 5.88 Å². The molecule has 0 unspecified atom stereocenters. The zero-order valence-electron chi connectivity index (χ0n) is 15.4. The van der Waals surface area contributed by atoms with Crippen LogP contribution in [0.3, 0.4) is 0 Å². The van der Waals surface area contributed by atoms with Crippen molar-refractivity contribution in [3.8, 4) is 34.7 Å². The van der Waals surface area contributed by atoms with E-state index in [-0.39, 0.29) is 17.2 Å². The van der Waals surface area contributed by atoms with Gasteiger partial charge in [-0.05, 0) is 43.3 Å². The molecule has 0 saturated heterocycles. The minimum atomic E-state index is -0.812. The number of hydrogen-bond acceptors (Lipinski definition) is 6. The van der Waals surface area contributed by atoms with Crippen LogP contribution in [0.25, 0.3) is 22.8 Å². The lowest BCUT2D eigenvalue weighted by molar-refractivity contribution is -0.122. The molecule has 1 aromatic carbocycles. The van der Waals surface area contributed by atoms with E-state index in [9.17, 15) is 10.1 Å². The topological polar surface area (TPSA) is 102 Å². The molecular weight excluding hydrogens is 372 g/mol. The largest absolute Gasteiger partial charge is 0.481 e. The fourth-order valence-electron chi connectivity index (χ4n) is 2.83. The highest BCUT2D eigenvalue weighted by Gasteiger charge is 2.28. The predicted octanol–water partition coefficient (Wildman–Crippen LogP) is 5.08. The van der Waals surface area contributed by atoms with Gasteiger partial charge in [0.25, 0.3) is 5.91 Å². The van der Waals surface area contributed by atoms with Crippen molar-refractivity contribution in [2.45, 2.75) is 13.0 Å². The lowest BCUT2D eigenvalue weighted by atomic mass is 10.1. The summed E-state index contributed by atoms with van der Waals surface area (Å²) in [6, 6.07) is 17.8. The number of rotatable bonds is 6. The number of para-hydroxylation sites is 1. The molecule has 1 N–H and O–H groups in total. The van der Waals surface area contributed by atoms with Crippen LogP contribution in [0.5, 0.6) is 5.75 Å². The molecule has 3 heterocycles. The second-order valence-electron chi connectivity index (χ2n) is 6.14. The van der Waals surface area contributed by atoms with Gasteiger partial charge in [0.05, 0.1) is 18.1 Å². The van der Waals surface area contributed by atoms with Gasteiger partial charge in [0.15, 0.2) is 17.6 Å². The minimum absolute atomic E-state index is 0.00110. The molecule has 0 spiro atoms. The Morgan fingerprint density at radius 3 is 2.34 bits per heavy atom. The van der Waals surface area contributed by atoms with E-state index in [0.29, 0.717) is 22.8 Å². The van der Waals surface area contributed by atoms with E-state index >= 15 is 0 Å². The van der Waals surface area contributed by atoms with Crippen LogP contribution in [0.1, 0.15) is 12.5 Å². The maximum atomic E-state index is 12.6. The monoisotopic (exact) mass is 388 g/mol. The molecule has 7 nitrogen and oxygen atoms in total. The Labute approximate surface area is 166 Å². The van der Waals surface area contributed by atoms with Gasteiger partial charge in [-0.3, -0.25) is 10.1 Å². The summed E-state index contributed by atoms with van der Waals surface area (Å²) in [6.07, 6.45) is 2.17. The first kappa shape index (κ1) is 18.2. The zero-order chi connectivity index (χ0) is 20.2. The molecule has 4 rings (SSSR count). The molecule has 0 radical (unpaired) electrons. The first-order chi connectivity index (χ1) is 14.2. The second kappa shape index (κ2) is 7.82. The van der Waals surface area contributed by atoms with Gasteiger partial charge in [-0.15, -0.1) is 0 Å². The SMILES string of the molecule is C[C@@H](Oc1ccccc1)C(=O)Nc1oc(-c2ccco2)c(-c2ccco2)c1C#N. The number of furan rings is 3. The molecule has 4 aromatic rings. The Hall–Kier alpha value is -4.18. The molecule has 3 aromatic heterocycles. The molecule has 0 saturated carbocycles. The van der Waals surface area contributed by atoms with E-state index in [4.69, 9.17) is 18.0 Å². The van der Waals surface area contributed by atoms with E-state index in [1.165, 1.54) is 12.5 Å². The quantitative estimate of drug-likeness (QED) is 0.494. The lowest BCUT2D eigenvalue weighted by Gasteiger charge is -2.13. The van der Waals surface area contributed by atoms with Crippen LogP contribution in [0, 0.1) is 11.3 Å². The molecule has 1 amide bonds. The Bertz CT molecular complexity index is 1140. The summed E-state index contributed by atoms with van der Waals surface area (Å²) in [5, 5.41) is 12.4. The van der Waals surface area contributed by atoms with Crippen molar-refractivity contribution in [2.24, 2.45) is 0 Å². The number of nitrogens with one attached hydrogen (secondary N) is 1. The van der Waals surface area contributed by atoms with Gasteiger partial charge in [-0.2, -0.15) is 5.26 Å². The highest BCUT2D eigenvalue weighted by atomic mass is 16.5. The number of amides is 1. The fourth-order valence-corrected chi connectivity index (χ4v) is 2.83. The molecule has 0 aliphatic heterocycles. The first-order valence-corrected chi connectivity index (χ1v) is 8.84. The molecule has 7 heteroatoms. The van der Waals surface area contributed by atoms with Crippen molar-refractivity contribution >= 4 is 11.8 Å². The van der Waals surface area contributed by atoms with Crippen LogP contribution >= 0.6 is 0 Å². The van der Waals surface area contributed by atoms with Crippen LogP contribution in [0.15, 0.2) is 80.4 Å². The third kappa shape index (κ3) is 3.64. The fraction of sp³-hybridized carbons (Fsp3) is 0.0909. The third-order valence-electron chi connectivity index (χ3n) is 4.19. The zero-order valence-corrected chi connectivity index (χ0v) is 15.4. The Morgan fingerprint density at radius 1 is 1.03 bits per heavy atom. The number of anilines is 1. The summed E-state index contributed by atoms with van der Waals surface area (Å²) >= 11 is 0. The number of ether oxygens (including phenoxy) is 1. The number of hydrogen-bond donors (Lipinski definition) is 1. The Morgan fingerprint density at radius 2 is 1.72 bits per heavy atom. The van der Waals surface area contributed by atoms with E-state index in [1.807, 2.05) is 18.2 Å². The third-order valence-corrected chi connectivity index (χ3v) is 4.19. The van der Waals surface area contributed by atoms with Crippen LogP contribution in [-0.4, -0.2) is 12.0 Å². The Kier molecular flexibility index (Phi) is 4.91. The van der Waals surface area contributed by atoms with Crippen molar-refractivity contribution < 1.29 is 22.8 Å². The first-order valence-electron chi connectivity index (χ1n) is 8.84. The van der Waals surface area contributed by atoms with Crippen molar-refractivity contribution in [1.29, 1.82) is 5.26 Å². The maximum absolute atomic E-state index is 12.6. The van der Waals surface area contributed by atoms with E-state index in [1.54, 1.807) is 43.3 Å². The molecule has 0 fully saturated rings. The summed E-state index contributed by atoms with van der Waals surface area (Å²) in [6.45, 7) is 1.61. The number of nitriles is 1. The standard InChI is InChI=1S/C22H16N2O5/c1-14(28-15-7-3-2-4-8-15)21(25)24-22-16(13-23)19(17-9-5-11-26-17)20(29-22)18-10-6-12-27-18/h2-12,14H,1H3,(H,24,25)/t14-/m1/s1. The second-order valence-corrected chi connectivity index (χ2v) is 6.14. The van der Waals surface area contributed by atoms with E-state index in [0.717, 1.165) is 0 Å². The summed E-state index contributed by atoms with van der Waals surface area (Å²) in [5.74, 6) is 1.21. The van der Waals surface area contributed by atoms with Crippen LogP contribution in [0.2, 0.25) is 0 Å². The van der Waals surface area contributed by atoms with Crippen LogP contribution in [-0.2, 0) is 4.79 Å². The number of carbonyl (C=O) groups is 1. The summed E-state index contributed by atoms with van der Waals surface area (Å²) in [7, 11) is 0. The highest BCUT2D eigenvalue weighted by Crippen LogP contribution is 2.41. The molecular formula is C22H16N2O5. The van der Waals surface area contributed by atoms with Gasteiger partial charge >= 0.3 is 0 Å². The molecule has 29 heavy (non-hydrogen) atoms. The summed E-state index contributed by atoms with van der Waals surface area (Å²) in [5.41, 5.74) is 0.533. The van der Waals surface area contributed by atoms with Crippen molar-refractivity contribution in [2.75, 3.05) is 5.32 Å². The number of carbonyl (C=O) groups excluding carboxylic acids is 1. The van der Waals surface area contributed by atoms with E-state index < -0.39 is 12.0 Å². The predicted molar refractivity (Wildman–Crippen MR) is 104 cm³/mol.